The number of rotatable bonds is 8. The number of ether oxygens (including phenoxy) is 3. The zero-order valence-corrected chi connectivity index (χ0v) is 18.1. The number of esters is 1. The van der Waals surface area contributed by atoms with E-state index in [1.165, 1.54) is 6.07 Å². The van der Waals surface area contributed by atoms with Crippen LogP contribution in [0, 0.1) is 34.8 Å². The van der Waals surface area contributed by atoms with Gasteiger partial charge in [-0.2, -0.15) is 5.26 Å². The molecule has 7 heteroatoms. The van der Waals surface area contributed by atoms with Gasteiger partial charge in [-0.05, 0) is 63.7 Å². The molecule has 2 saturated carbocycles. The lowest BCUT2D eigenvalue weighted by Gasteiger charge is -2.31. The van der Waals surface area contributed by atoms with Crippen LogP contribution >= 0.6 is 0 Å². The zero-order valence-electron chi connectivity index (χ0n) is 18.1. The van der Waals surface area contributed by atoms with E-state index in [1.807, 2.05) is 0 Å². The molecule has 0 amide bonds. The zero-order chi connectivity index (χ0) is 22.2. The second-order valence-electron chi connectivity index (χ2n) is 8.62. The lowest BCUT2D eigenvalue weighted by atomic mass is 9.86. The molecule has 3 rings (SSSR count). The van der Waals surface area contributed by atoms with Gasteiger partial charge < -0.3 is 14.2 Å². The Kier molecular flexibility index (Phi) is 8.79. The fraction of sp³-hybridized carbons (Fsp3) is 0.667. The summed E-state index contributed by atoms with van der Waals surface area (Å²) in [4.78, 5) is 12.4. The van der Waals surface area contributed by atoms with Crippen molar-refractivity contribution < 1.29 is 27.8 Å². The number of nitrogens with zero attached hydrogens (tertiary/aromatic N) is 1. The van der Waals surface area contributed by atoms with Crippen molar-refractivity contribution in [1.82, 2.24) is 0 Å². The molecule has 2 aliphatic rings. The van der Waals surface area contributed by atoms with Gasteiger partial charge in [0.15, 0.2) is 0 Å². The molecule has 0 saturated heterocycles. The summed E-state index contributed by atoms with van der Waals surface area (Å²) in [7, 11) is 0. The summed E-state index contributed by atoms with van der Waals surface area (Å²) in [5.74, 6) is -2.51. The van der Waals surface area contributed by atoms with E-state index in [0.29, 0.717) is 24.9 Å². The molecule has 2 aliphatic carbocycles. The molecule has 5 nitrogen and oxygen atoms in total. The van der Waals surface area contributed by atoms with Gasteiger partial charge in [0.25, 0.3) is 0 Å². The predicted molar refractivity (Wildman–Crippen MR) is 110 cm³/mol. The minimum atomic E-state index is -1.03. The lowest BCUT2D eigenvalue weighted by molar-refractivity contribution is -0.141. The Morgan fingerprint density at radius 1 is 1.00 bits per heavy atom. The first-order valence-electron chi connectivity index (χ1n) is 11.3. The van der Waals surface area contributed by atoms with E-state index in [0.717, 1.165) is 70.3 Å². The summed E-state index contributed by atoms with van der Waals surface area (Å²) < 4.78 is 44.5. The molecule has 0 spiro atoms. The maximum atomic E-state index is 13.7. The number of benzene rings is 1. The fourth-order valence-corrected chi connectivity index (χ4v) is 4.40. The van der Waals surface area contributed by atoms with Crippen molar-refractivity contribution in [3.63, 3.8) is 0 Å². The Morgan fingerprint density at radius 3 is 2.16 bits per heavy atom. The maximum absolute atomic E-state index is 13.7. The molecule has 2 fully saturated rings. The molecule has 0 radical (unpaired) electrons. The van der Waals surface area contributed by atoms with Crippen molar-refractivity contribution in [3.8, 4) is 11.8 Å². The number of hydrogen-bond acceptors (Lipinski definition) is 5. The third-order valence-corrected chi connectivity index (χ3v) is 6.27. The van der Waals surface area contributed by atoms with Crippen molar-refractivity contribution in [2.45, 2.75) is 76.9 Å². The van der Waals surface area contributed by atoms with Crippen LogP contribution in [0.3, 0.4) is 0 Å². The molecular formula is C24H31F2NO4. The van der Waals surface area contributed by atoms with Crippen LogP contribution < -0.4 is 4.74 Å². The molecular weight excluding hydrogens is 404 g/mol. The standard InChI is InChI=1S/C24H31F2NO4/c1-2-11-29-18-7-3-16(4-8-18)15-30-19-9-5-17(6-10-19)24(28)31-20-12-22(25)21(14-27)23(26)13-20/h12-13,16-19H,2-11,15H2,1H3/t16-,17-,18-,19-. The van der Waals surface area contributed by atoms with Crippen LogP contribution in [-0.4, -0.2) is 31.4 Å². The van der Waals surface area contributed by atoms with Gasteiger partial charge in [-0.15, -0.1) is 0 Å². The van der Waals surface area contributed by atoms with Gasteiger partial charge in [-0.25, -0.2) is 8.78 Å². The highest BCUT2D eigenvalue weighted by Crippen LogP contribution is 2.31. The molecule has 1 aromatic rings. The highest BCUT2D eigenvalue weighted by atomic mass is 19.1. The molecule has 0 atom stereocenters. The maximum Gasteiger partial charge on any atom is 0.314 e. The number of carbonyl (C=O) groups excluding carboxylic acids is 1. The molecule has 0 N–H and O–H groups in total. The third kappa shape index (κ3) is 6.72. The highest BCUT2D eigenvalue weighted by Gasteiger charge is 2.30. The van der Waals surface area contributed by atoms with Crippen molar-refractivity contribution in [1.29, 1.82) is 5.26 Å². The smallest absolute Gasteiger partial charge is 0.314 e. The van der Waals surface area contributed by atoms with Gasteiger partial charge in [0.1, 0.15) is 29.0 Å². The van der Waals surface area contributed by atoms with E-state index in [2.05, 4.69) is 6.92 Å². The summed E-state index contributed by atoms with van der Waals surface area (Å²) in [6.45, 7) is 3.72. The molecule has 0 aliphatic heterocycles. The van der Waals surface area contributed by atoms with E-state index in [-0.39, 0.29) is 17.8 Å². The quantitative estimate of drug-likeness (QED) is 0.409. The van der Waals surface area contributed by atoms with E-state index >= 15 is 0 Å². The van der Waals surface area contributed by atoms with Crippen molar-refractivity contribution >= 4 is 5.97 Å². The summed E-state index contributed by atoms with van der Waals surface area (Å²) >= 11 is 0. The largest absolute Gasteiger partial charge is 0.426 e. The fourth-order valence-electron chi connectivity index (χ4n) is 4.40. The predicted octanol–water partition coefficient (Wildman–Crippen LogP) is 5.30. The number of nitriles is 1. The monoisotopic (exact) mass is 435 g/mol. The van der Waals surface area contributed by atoms with Gasteiger partial charge in [-0.1, -0.05) is 6.92 Å². The average Bonchev–Trinajstić information content (AvgIpc) is 2.77. The summed E-state index contributed by atoms with van der Waals surface area (Å²) in [5.41, 5.74) is -0.681. The number of halogens is 2. The van der Waals surface area contributed by atoms with Crippen LogP contribution in [0.1, 0.15) is 70.3 Å². The Bertz CT molecular complexity index is 755. The molecule has 0 heterocycles. The summed E-state index contributed by atoms with van der Waals surface area (Å²) in [6.07, 6.45) is 8.85. The second kappa shape index (κ2) is 11.5. The van der Waals surface area contributed by atoms with E-state index in [4.69, 9.17) is 19.5 Å². The molecule has 0 unspecified atom stereocenters. The van der Waals surface area contributed by atoms with E-state index < -0.39 is 23.2 Å². The van der Waals surface area contributed by atoms with Gasteiger partial charge in [0, 0.05) is 25.3 Å². The summed E-state index contributed by atoms with van der Waals surface area (Å²) in [5, 5.41) is 8.72. The SMILES string of the molecule is CCCO[C@H]1CC[C@H](CO[C@H]2CC[C@H](C(=O)Oc3cc(F)c(C#N)c(F)c3)CC2)CC1. The van der Waals surface area contributed by atoms with E-state index in [9.17, 15) is 13.6 Å². The first kappa shape index (κ1) is 23.6. The highest BCUT2D eigenvalue weighted by molar-refractivity contribution is 5.75. The van der Waals surface area contributed by atoms with Crippen LogP contribution in [0.15, 0.2) is 12.1 Å². The van der Waals surface area contributed by atoms with Crippen LogP contribution in [-0.2, 0) is 14.3 Å². The van der Waals surface area contributed by atoms with E-state index in [1.54, 1.807) is 0 Å². The minimum absolute atomic E-state index is 0.142. The van der Waals surface area contributed by atoms with Crippen molar-refractivity contribution in [2.24, 2.45) is 11.8 Å². The summed E-state index contributed by atoms with van der Waals surface area (Å²) in [6, 6.07) is 3.19. The second-order valence-corrected chi connectivity index (χ2v) is 8.62. The average molecular weight is 436 g/mol. The molecule has 0 aromatic heterocycles. The Balaban J connectivity index is 1.37. The molecule has 31 heavy (non-hydrogen) atoms. The van der Waals surface area contributed by atoms with Gasteiger partial charge in [-0.3, -0.25) is 4.79 Å². The normalized spacial score (nSPS) is 26.3. The van der Waals surface area contributed by atoms with Crippen LogP contribution in [0.25, 0.3) is 0 Å². The topological polar surface area (TPSA) is 68.6 Å². The van der Waals surface area contributed by atoms with Gasteiger partial charge >= 0.3 is 5.97 Å². The molecule has 1 aromatic carbocycles. The Labute approximate surface area is 182 Å². The van der Waals surface area contributed by atoms with Crippen molar-refractivity contribution in [2.75, 3.05) is 13.2 Å². The van der Waals surface area contributed by atoms with Crippen LogP contribution in [0.2, 0.25) is 0 Å². The molecule has 0 bridgehead atoms. The number of hydrogen-bond donors (Lipinski definition) is 0. The Morgan fingerprint density at radius 2 is 1.58 bits per heavy atom. The minimum Gasteiger partial charge on any atom is -0.426 e. The lowest BCUT2D eigenvalue weighted by Crippen LogP contribution is -2.31. The first-order valence-corrected chi connectivity index (χ1v) is 11.3. The van der Waals surface area contributed by atoms with Gasteiger partial charge in [0.2, 0.25) is 0 Å². The molecule has 170 valence electrons. The first-order chi connectivity index (χ1) is 15.0. The van der Waals surface area contributed by atoms with Crippen molar-refractivity contribution in [3.05, 3.63) is 29.3 Å². The number of carbonyl (C=O) groups is 1. The third-order valence-electron chi connectivity index (χ3n) is 6.27. The van der Waals surface area contributed by atoms with Crippen LogP contribution in [0.5, 0.6) is 5.75 Å². The Hall–Kier alpha value is -2.04. The van der Waals surface area contributed by atoms with Crippen LogP contribution in [0.4, 0.5) is 8.78 Å². The van der Waals surface area contributed by atoms with Gasteiger partial charge in [0.05, 0.1) is 18.1 Å².